The molecule has 1 amide bonds. The summed E-state index contributed by atoms with van der Waals surface area (Å²) in [4.78, 5) is 19.1. The van der Waals surface area contributed by atoms with Crippen LogP contribution in [0.4, 0.5) is 0 Å². The zero-order valence-corrected chi connectivity index (χ0v) is 14.4. The summed E-state index contributed by atoms with van der Waals surface area (Å²) in [5.74, 6) is 1.11. The highest BCUT2D eigenvalue weighted by atomic mass is 35.5. The molecule has 2 aliphatic rings. The first kappa shape index (κ1) is 15.3. The van der Waals surface area contributed by atoms with Crippen LogP contribution in [-0.2, 0) is 4.79 Å². The summed E-state index contributed by atoms with van der Waals surface area (Å²) in [7, 11) is 0. The highest BCUT2D eigenvalue weighted by Gasteiger charge is 2.68. The van der Waals surface area contributed by atoms with E-state index in [1.54, 1.807) is 0 Å². The Balaban J connectivity index is 1.44. The predicted molar refractivity (Wildman–Crippen MR) is 89.7 cm³/mol. The summed E-state index contributed by atoms with van der Waals surface area (Å²) in [6, 6.07) is 7.78. The van der Waals surface area contributed by atoms with E-state index < -0.39 is 9.75 Å². The van der Waals surface area contributed by atoms with Gasteiger partial charge in [0.2, 0.25) is 5.91 Å². The fraction of sp³-hybridized carbons (Fsp3) is 0.529. The van der Waals surface area contributed by atoms with E-state index >= 15 is 0 Å². The number of amides is 1. The van der Waals surface area contributed by atoms with Gasteiger partial charge < -0.3 is 9.32 Å². The van der Waals surface area contributed by atoms with Gasteiger partial charge in [-0.25, -0.2) is 4.98 Å². The maximum atomic E-state index is 12.6. The molecule has 23 heavy (non-hydrogen) atoms. The molecule has 0 N–H and O–H groups in total. The molecule has 2 heterocycles. The van der Waals surface area contributed by atoms with Crippen molar-refractivity contribution in [2.24, 2.45) is 5.41 Å². The van der Waals surface area contributed by atoms with Crippen molar-refractivity contribution in [2.45, 2.75) is 36.4 Å². The van der Waals surface area contributed by atoms with Crippen molar-refractivity contribution in [3.8, 4) is 0 Å². The van der Waals surface area contributed by atoms with E-state index in [0.29, 0.717) is 19.5 Å². The number of benzene rings is 1. The lowest BCUT2D eigenvalue weighted by Crippen LogP contribution is -2.42. The fourth-order valence-corrected chi connectivity index (χ4v) is 4.07. The van der Waals surface area contributed by atoms with Gasteiger partial charge in [0.1, 0.15) is 9.85 Å². The first-order chi connectivity index (χ1) is 10.9. The number of alkyl halides is 2. The molecule has 6 heteroatoms. The quantitative estimate of drug-likeness (QED) is 0.763. The molecule has 122 valence electrons. The summed E-state index contributed by atoms with van der Waals surface area (Å²) in [5, 5.41) is 0. The monoisotopic (exact) mass is 352 g/mol. The highest BCUT2D eigenvalue weighted by molar-refractivity contribution is 6.53. The van der Waals surface area contributed by atoms with Crippen molar-refractivity contribution in [1.29, 1.82) is 0 Å². The molecule has 0 spiro atoms. The second-order valence-corrected chi connectivity index (χ2v) is 8.28. The largest absolute Gasteiger partial charge is 0.440 e. The van der Waals surface area contributed by atoms with Crippen LogP contribution in [0.15, 0.2) is 28.7 Å². The van der Waals surface area contributed by atoms with Crippen LogP contribution in [0.3, 0.4) is 0 Å². The van der Waals surface area contributed by atoms with Crippen LogP contribution in [0.5, 0.6) is 0 Å². The van der Waals surface area contributed by atoms with Gasteiger partial charge in [-0.05, 0) is 38.3 Å². The Morgan fingerprint density at radius 1 is 1.30 bits per heavy atom. The van der Waals surface area contributed by atoms with Crippen molar-refractivity contribution in [1.82, 2.24) is 9.88 Å². The molecule has 2 aromatic rings. The molecular weight excluding hydrogens is 335 g/mol. The summed E-state index contributed by atoms with van der Waals surface area (Å²) in [6.45, 7) is 3.24. The van der Waals surface area contributed by atoms with Crippen LogP contribution in [0.25, 0.3) is 11.1 Å². The number of hydrogen-bond donors (Lipinski definition) is 0. The lowest BCUT2D eigenvalue weighted by atomic mass is 9.95. The summed E-state index contributed by atoms with van der Waals surface area (Å²) in [5.41, 5.74) is 1.08. The molecule has 0 radical (unpaired) electrons. The van der Waals surface area contributed by atoms with Crippen LogP contribution in [0, 0.1) is 5.41 Å². The SMILES string of the molecule is CC1(C(=O)N2CCC(c3nc4ccccc4o3)CC2)CC1(Cl)Cl. The number of nitrogens with zero attached hydrogens (tertiary/aromatic N) is 2. The molecular formula is C17H18Cl2N2O2. The van der Waals surface area contributed by atoms with E-state index in [0.717, 1.165) is 29.8 Å². The molecule has 4 nitrogen and oxygen atoms in total. The average Bonchev–Trinajstić information content (AvgIpc) is 2.89. The highest BCUT2D eigenvalue weighted by Crippen LogP contribution is 2.64. The van der Waals surface area contributed by atoms with E-state index in [-0.39, 0.29) is 11.8 Å². The Morgan fingerprint density at radius 3 is 2.57 bits per heavy atom. The Bertz CT molecular complexity index is 732. The predicted octanol–water partition coefficient (Wildman–Crippen LogP) is 4.12. The van der Waals surface area contributed by atoms with E-state index in [9.17, 15) is 4.79 Å². The number of hydrogen-bond acceptors (Lipinski definition) is 3. The first-order valence-corrected chi connectivity index (χ1v) is 8.69. The second kappa shape index (κ2) is 5.12. The second-order valence-electron chi connectivity index (χ2n) is 6.80. The van der Waals surface area contributed by atoms with Gasteiger partial charge in [0.15, 0.2) is 11.5 Å². The van der Waals surface area contributed by atoms with Crippen LogP contribution in [0.1, 0.15) is 38.0 Å². The Hall–Kier alpha value is -1.26. The fourth-order valence-electron chi connectivity index (χ4n) is 3.38. The van der Waals surface area contributed by atoms with E-state index in [1.807, 2.05) is 36.1 Å². The third-order valence-electron chi connectivity index (χ3n) is 5.17. The maximum absolute atomic E-state index is 12.6. The number of aromatic nitrogens is 1. The zero-order chi connectivity index (χ0) is 16.2. The smallest absolute Gasteiger partial charge is 0.231 e. The topological polar surface area (TPSA) is 46.3 Å². The zero-order valence-electron chi connectivity index (χ0n) is 12.9. The average molecular weight is 353 g/mol. The van der Waals surface area contributed by atoms with Crippen molar-refractivity contribution in [2.75, 3.05) is 13.1 Å². The van der Waals surface area contributed by atoms with Gasteiger partial charge in [0.25, 0.3) is 0 Å². The minimum atomic E-state index is -0.902. The van der Waals surface area contributed by atoms with Crippen LogP contribution < -0.4 is 0 Å². The third kappa shape index (κ3) is 2.43. The summed E-state index contributed by atoms with van der Waals surface area (Å²) >= 11 is 12.3. The van der Waals surface area contributed by atoms with Crippen molar-refractivity contribution < 1.29 is 9.21 Å². The lowest BCUT2D eigenvalue weighted by Gasteiger charge is -2.33. The number of carbonyl (C=O) groups excluding carboxylic acids is 1. The van der Waals surface area contributed by atoms with E-state index in [1.165, 1.54) is 0 Å². The lowest BCUT2D eigenvalue weighted by molar-refractivity contribution is -0.137. The molecule has 1 aliphatic heterocycles. The van der Waals surface area contributed by atoms with Crippen molar-refractivity contribution in [3.05, 3.63) is 30.2 Å². The van der Waals surface area contributed by atoms with Crippen LogP contribution >= 0.6 is 23.2 Å². The number of carbonyl (C=O) groups is 1. The van der Waals surface area contributed by atoms with Gasteiger partial charge in [0, 0.05) is 19.0 Å². The summed E-state index contributed by atoms with van der Waals surface area (Å²) < 4.78 is 4.96. The standard InChI is InChI=1S/C17H18Cl2N2O2/c1-16(10-17(16,18)19)15(22)21-8-6-11(7-9-21)14-20-12-4-2-3-5-13(12)23-14/h2-5,11H,6-10H2,1H3. The van der Waals surface area contributed by atoms with Crippen molar-refractivity contribution in [3.63, 3.8) is 0 Å². The molecule has 1 saturated carbocycles. The van der Waals surface area contributed by atoms with Gasteiger partial charge in [-0.1, -0.05) is 12.1 Å². The normalized spacial score (nSPS) is 27.3. The number of halogens is 2. The van der Waals surface area contributed by atoms with Gasteiger partial charge in [0.05, 0.1) is 5.41 Å². The summed E-state index contributed by atoms with van der Waals surface area (Å²) in [6.07, 6.45) is 2.24. The minimum Gasteiger partial charge on any atom is -0.440 e. The number of rotatable bonds is 2. The number of likely N-dealkylation sites (tertiary alicyclic amines) is 1. The molecule has 1 aromatic carbocycles. The number of oxazole rings is 1. The van der Waals surface area contributed by atoms with Crippen LogP contribution in [0.2, 0.25) is 0 Å². The Morgan fingerprint density at radius 2 is 1.96 bits per heavy atom. The number of fused-ring (bicyclic) bond motifs is 1. The number of para-hydroxylation sites is 2. The Labute approximate surface area is 144 Å². The maximum Gasteiger partial charge on any atom is 0.231 e. The molecule has 1 atom stereocenters. The number of piperidine rings is 1. The van der Waals surface area contributed by atoms with Gasteiger partial charge in [-0.2, -0.15) is 0 Å². The minimum absolute atomic E-state index is 0.0681. The van der Waals surface area contributed by atoms with Gasteiger partial charge in [-0.3, -0.25) is 4.79 Å². The molecule has 4 rings (SSSR count). The molecule has 0 bridgehead atoms. The van der Waals surface area contributed by atoms with Crippen LogP contribution in [-0.4, -0.2) is 33.2 Å². The van der Waals surface area contributed by atoms with Gasteiger partial charge >= 0.3 is 0 Å². The van der Waals surface area contributed by atoms with Gasteiger partial charge in [-0.15, -0.1) is 23.2 Å². The first-order valence-electron chi connectivity index (χ1n) is 7.93. The van der Waals surface area contributed by atoms with E-state index in [2.05, 4.69) is 4.98 Å². The Kier molecular flexibility index (Phi) is 3.40. The molecule has 1 aliphatic carbocycles. The molecule has 2 fully saturated rings. The molecule has 1 saturated heterocycles. The van der Waals surface area contributed by atoms with Crippen molar-refractivity contribution >= 4 is 40.2 Å². The molecule has 1 aromatic heterocycles. The molecule has 1 unspecified atom stereocenters. The van der Waals surface area contributed by atoms with E-state index in [4.69, 9.17) is 27.6 Å². The third-order valence-corrected chi connectivity index (χ3v) is 6.27.